The van der Waals surface area contributed by atoms with Crippen LogP contribution in [-0.2, 0) is 16.0 Å². The number of anilines is 2. The average molecular weight is 418 g/mol. The quantitative estimate of drug-likeness (QED) is 0.753. The molecule has 2 aromatic carbocycles. The van der Waals surface area contributed by atoms with Crippen molar-refractivity contribution in [3.05, 3.63) is 84.2 Å². The number of nitrogens with one attached hydrogen (secondary N) is 1. The van der Waals surface area contributed by atoms with Crippen LogP contribution in [0.2, 0.25) is 0 Å². The predicted octanol–water partition coefficient (Wildman–Crippen LogP) is 3.69. The Bertz CT molecular complexity index is 1130. The number of benzene rings is 2. The maximum Gasteiger partial charge on any atom is 0.506 e. The van der Waals surface area contributed by atoms with E-state index >= 15 is 0 Å². The lowest BCUT2D eigenvalue weighted by molar-refractivity contribution is -0.416. The van der Waals surface area contributed by atoms with Crippen molar-refractivity contribution >= 4 is 34.9 Å². The number of halogens is 1. The third-order valence-corrected chi connectivity index (χ3v) is 5.25. The molecule has 1 heterocycles. The first-order valence-corrected chi connectivity index (χ1v) is 9.99. The van der Waals surface area contributed by atoms with E-state index in [2.05, 4.69) is 5.32 Å². The fourth-order valence-corrected chi connectivity index (χ4v) is 3.62. The Morgan fingerprint density at radius 3 is 2.45 bits per heavy atom. The van der Waals surface area contributed by atoms with Gasteiger partial charge in [-0.2, -0.15) is 9.37 Å². The van der Waals surface area contributed by atoms with E-state index in [0.29, 0.717) is 17.1 Å². The Morgan fingerprint density at radius 1 is 1.06 bits per heavy atom. The molecular formula is C24H21FN3O3+. The first-order chi connectivity index (χ1) is 15.0. The molecule has 0 radical (unpaired) electrons. The predicted molar refractivity (Wildman–Crippen MR) is 116 cm³/mol. The summed E-state index contributed by atoms with van der Waals surface area (Å²) in [5.74, 6) is -1.89. The summed E-state index contributed by atoms with van der Waals surface area (Å²) in [6.07, 6.45) is 7.69. The fraction of sp³-hybridized carbons (Fsp3) is 0.167. The van der Waals surface area contributed by atoms with Crippen molar-refractivity contribution < 1.29 is 23.3 Å². The number of hydrogen-bond acceptors (Lipinski definition) is 3. The van der Waals surface area contributed by atoms with Gasteiger partial charge in [0.15, 0.2) is 6.54 Å². The summed E-state index contributed by atoms with van der Waals surface area (Å²) in [6, 6.07) is 12.0. The number of aryl methyl sites for hydroxylation is 1. The number of hydrogen-bond donors (Lipinski definition) is 1. The highest BCUT2D eigenvalue weighted by atomic mass is 19.1. The number of fused-ring (bicyclic) bond motifs is 1. The zero-order chi connectivity index (χ0) is 22.0. The van der Waals surface area contributed by atoms with Crippen molar-refractivity contribution in [1.82, 2.24) is 0 Å². The minimum Gasteiger partial charge on any atom is -0.323 e. The molecule has 4 rings (SSSR count). The molecule has 0 spiro atoms. The molecular weight excluding hydrogens is 397 g/mol. The van der Waals surface area contributed by atoms with Crippen molar-refractivity contribution in [1.29, 1.82) is 0 Å². The molecule has 6 nitrogen and oxygen atoms in total. The van der Waals surface area contributed by atoms with Crippen LogP contribution < -0.4 is 10.2 Å². The number of amides is 4. The van der Waals surface area contributed by atoms with E-state index in [9.17, 15) is 18.8 Å². The van der Waals surface area contributed by atoms with Gasteiger partial charge in [-0.25, -0.2) is 9.18 Å². The Hall–Kier alpha value is -3.87. The molecule has 1 unspecified atom stereocenters. The van der Waals surface area contributed by atoms with E-state index in [1.54, 1.807) is 36.4 Å². The second-order valence-electron chi connectivity index (χ2n) is 7.26. The highest BCUT2D eigenvalue weighted by molar-refractivity contribution is 6.26. The van der Waals surface area contributed by atoms with E-state index in [0.717, 1.165) is 16.9 Å². The smallest absolute Gasteiger partial charge is 0.323 e. The number of rotatable bonds is 5. The molecule has 0 saturated heterocycles. The molecule has 2 aliphatic rings. The maximum absolute atomic E-state index is 13.3. The number of nitrogens with zero attached hydrogens (tertiary/aromatic N) is 2. The molecule has 1 aliphatic heterocycles. The van der Waals surface area contributed by atoms with Crippen molar-refractivity contribution in [2.24, 2.45) is 5.92 Å². The molecule has 7 heteroatoms. The number of allylic oxidation sites excluding steroid dienone is 3. The Balaban J connectivity index is 1.65. The van der Waals surface area contributed by atoms with Gasteiger partial charge in [0.1, 0.15) is 23.1 Å². The van der Waals surface area contributed by atoms with Gasteiger partial charge in [0.2, 0.25) is 0 Å². The van der Waals surface area contributed by atoms with Crippen molar-refractivity contribution in [2.75, 3.05) is 16.8 Å². The van der Waals surface area contributed by atoms with E-state index in [-0.39, 0.29) is 12.5 Å². The Morgan fingerprint density at radius 2 is 1.77 bits per heavy atom. The zero-order valence-electron chi connectivity index (χ0n) is 16.9. The summed E-state index contributed by atoms with van der Waals surface area (Å²) in [6.45, 7) is 1.74. The third-order valence-electron chi connectivity index (χ3n) is 5.25. The minimum atomic E-state index is -0.660. The average Bonchev–Trinajstić information content (AvgIpc) is 2.79. The van der Waals surface area contributed by atoms with Crippen LogP contribution in [0.4, 0.5) is 20.6 Å². The molecule has 1 aliphatic carbocycles. The zero-order valence-corrected chi connectivity index (χ0v) is 16.9. The molecule has 0 fully saturated rings. The van der Waals surface area contributed by atoms with Gasteiger partial charge in [-0.1, -0.05) is 37.3 Å². The van der Waals surface area contributed by atoms with Crippen LogP contribution in [0, 0.1) is 11.7 Å². The second kappa shape index (κ2) is 8.47. The van der Waals surface area contributed by atoms with Gasteiger partial charge < -0.3 is 5.32 Å². The van der Waals surface area contributed by atoms with Gasteiger partial charge in [0, 0.05) is 5.69 Å². The molecule has 2 aromatic rings. The molecule has 1 atom stereocenters. The van der Waals surface area contributed by atoms with E-state index in [1.807, 2.05) is 19.1 Å². The van der Waals surface area contributed by atoms with Crippen LogP contribution in [0.1, 0.15) is 12.5 Å². The van der Waals surface area contributed by atoms with Crippen LogP contribution in [0.5, 0.6) is 0 Å². The molecule has 0 bridgehead atoms. The molecule has 0 aromatic heterocycles. The van der Waals surface area contributed by atoms with E-state index in [4.69, 9.17) is 0 Å². The standard InChI is InChI=1S/C24H20FN3O3/c1-2-16-7-13-19(14-8-16)28-23(30)20-5-3-4-6-21(20)27(24(28)31)15-22(29)26-18-11-9-17(25)10-12-18/h3-14,20H,2,15H2,1H3/p+1. The number of urea groups is 1. The lowest BCUT2D eigenvalue weighted by Crippen LogP contribution is -2.56. The van der Waals surface area contributed by atoms with Crippen LogP contribution in [0.3, 0.4) is 0 Å². The Kier molecular flexibility index (Phi) is 5.58. The van der Waals surface area contributed by atoms with Gasteiger partial charge >= 0.3 is 11.9 Å². The molecule has 1 N–H and O–H groups in total. The van der Waals surface area contributed by atoms with Crippen LogP contribution >= 0.6 is 0 Å². The first kappa shape index (κ1) is 20.4. The Labute approximate surface area is 179 Å². The maximum atomic E-state index is 13.3. The van der Waals surface area contributed by atoms with Gasteiger partial charge in [-0.3, -0.25) is 4.79 Å². The summed E-state index contributed by atoms with van der Waals surface area (Å²) in [5, 5.41) is 2.66. The number of carbonyl (C=O) groups excluding carboxylic acids is 3. The van der Waals surface area contributed by atoms with Gasteiger partial charge in [-0.15, -0.1) is 4.90 Å². The summed E-state index contributed by atoms with van der Waals surface area (Å²) in [7, 11) is 0. The topological polar surface area (TPSA) is 69.5 Å². The molecule has 0 saturated carbocycles. The summed E-state index contributed by atoms with van der Waals surface area (Å²) in [5.41, 5.74) is 2.41. The van der Waals surface area contributed by atoms with Crippen molar-refractivity contribution in [3.8, 4) is 0 Å². The largest absolute Gasteiger partial charge is 0.506 e. The third kappa shape index (κ3) is 4.07. The normalized spacial score (nSPS) is 17.7. The summed E-state index contributed by atoms with van der Waals surface area (Å²) < 4.78 is 14.4. The van der Waals surface area contributed by atoms with Crippen LogP contribution in [-0.4, -0.2) is 34.7 Å². The van der Waals surface area contributed by atoms with Crippen LogP contribution in [0.25, 0.3) is 0 Å². The minimum absolute atomic E-state index is 0.281. The highest BCUT2D eigenvalue weighted by Gasteiger charge is 2.48. The second-order valence-corrected chi connectivity index (χ2v) is 7.26. The summed E-state index contributed by atoms with van der Waals surface area (Å²) >= 11 is 0. The van der Waals surface area contributed by atoms with E-state index in [1.165, 1.54) is 28.8 Å². The van der Waals surface area contributed by atoms with Gasteiger partial charge in [-0.05, 0) is 54.5 Å². The SMILES string of the molecule is CCc1ccc(N2C(=O)C3C=CC=CC3=[N+](CC(=O)Nc3ccc(F)cc3)C2=O)cc1. The highest BCUT2D eigenvalue weighted by Crippen LogP contribution is 2.26. The molecule has 4 amide bonds. The van der Waals surface area contributed by atoms with Gasteiger partial charge in [0.05, 0.1) is 0 Å². The van der Waals surface area contributed by atoms with Crippen molar-refractivity contribution in [2.45, 2.75) is 13.3 Å². The first-order valence-electron chi connectivity index (χ1n) is 9.99. The van der Waals surface area contributed by atoms with Crippen molar-refractivity contribution in [3.63, 3.8) is 0 Å². The summed E-state index contributed by atoms with van der Waals surface area (Å²) in [4.78, 5) is 40.2. The molecule has 156 valence electrons. The molecule has 31 heavy (non-hydrogen) atoms. The monoisotopic (exact) mass is 418 g/mol. The van der Waals surface area contributed by atoms with Gasteiger partial charge in [0.25, 0.3) is 5.91 Å². The fourth-order valence-electron chi connectivity index (χ4n) is 3.62. The van der Waals surface area contributed by atoms with Crippen LogP contribution in [0.15, 0.2) is 72.8 Å². The lowest BCUT2D eigenvalue weighted by Gasteiger charge is -2.26. The number of carbonyl (C=O) groups is 3. The number of imide groups is 1. The van der Waals surface area contributed by atoms with E-state index < -0.39 is 23.7 Å². The lowest BCUT2D eigenvalue weighted by atomic mass is 9.94.